The highest BCUT2D eigenvalue weighted by Gasteiger charge is 2.14. The lowest BCUT2D eigenvalue weighted by Gasteiger charge is -2.34. The molecule has 0 amide bonds. The molecule has 1 saturated heterocycles. The van der Waals surface area contributed by atoms with Gasteiger partial charge in [0.15, 0.2) is 0 Å². The molecular formula is C26H24ClN3O. The van der Waals surface area contributed by atoms with E-state index < -0.39 is 0 Å². The third-order valence-corrected chi connectivity index (χ3v) is 5.97. The van der Waals surface area contributed by atoms with Crippen LogP contribution in [0.2, 0.25) is 5.02 Å². The minimum atomic E-state index is 0.664. The normalized spacial score (nSPS) is 15.5. The number of piperazine rings is 1. The third-order valence-electron chi connectivity index (χ3n) is 5.73. The molecule has 1 aliphatic rings. The van der Waals surface area contributed by atoms with Gasteiger partial charge in [0, 0.05) is 53.9 Å². The fourth-order valence-electron chi connectivity index (χ4n) is 3.92. The van der Waals surface area contributed by atoms with Crippen LogP contribution in [0.25, 0.3) is 22.3 Å². The molecule has 1 aromatic heterocycles. The molecule has 4 nitrogen and oxygen atoms in total. The maximum absolute atomic E-state index is 6.28. The molecule has 2 heterocycles. The SMILES string of the molecule is CN1CCN(c2ccc(N=c3cc(-c4ccccc4)oc4ccc(Cl)cc34)cc2)CC1. The zero-order valence-electron chi connectivity index (χ0n) is 17.5. The number of hydrogen-bond donors (Lipinski definition) is 0. The van der Waals surface area contributed by atoms with Gasteiger partial charge in [0.05, 0.1) is 11.0 Å². The van der Waals surface area contributed by atoms with E-state index in [-0.39, 0.29) is 0 Å². The van der Waals surface area contributed by atoms with Crippen LogP contribution in [0, 0.1) is 0 Å². The largest absolute Gasteiger partial charge is 0.456 e. The Hall–Kier alpha value is -3.08. The second-order valence-electron chi connectivity index (χ2n) is 7.92. The van der Waals surface area contributed by atoms with Gasteiger partial charge in [-0.1, -0.05) is 41.9 Å². The third kappa shape index (κ3) is 4.36. The summed E-state index contributed by atoms with van der Waals surface area (Å²) in [7, 11) is 2.17. The van der Waals surface area contributed by atoms with Crippen molar-refractivity contribution in [3.8, 4) is 11.3 Å². The van der Waals surface area contributed by atoms with Crippen molar-refractivity contribution in [2.75, 3.05) is 38.1 Å². The van der Waals surface area contributed by atoms with E-state index >= 15 is 0 Å². The molecule has 1 fully saturated rings. The number of fused-ring (bicyclic) bond motifs is 1. The summed E-state index contributed by atoms with van der Waals surface area (Å²) in [6, 6.07) is 26.2. The number of hydrogen-bond acceptors (Lipinski definition) is 4. The number of nitrogens with zero attached hydrogens (tertiary/aromatic N) is 3. The smallest absolute Gasteiger partial charge is 0.136 e. The van der Waals surface area contributed by atoms with Crippen molar-refractivity contribution in [3.05, 3.63) is 89.2 Å². The molecule has 0 spiro atoms. The Morgan fingerprint density at radius 3 is 2.32 bits per heavy atom. The molecule has 5 heteroatoms. The predicted octanol–water partition coefficient (Wildman–Crippen LogP) is 5.74. The van der Waals surface area contributed by atoms with Gasteiger partial charge in [0.25, 0.3) is 0 Å². The summed E-state index contributed by atoms with van der Waals surface area (Å²) < 4.78 is 6.16. The monoisotopic (exact) mass is 429 g/mol. The van der Waals surface area contributed by atoms with E-state index in [2.05, 4.69) is 41.1 Å². The van der Waals surface area contributed by atoms with Crippen LogP contribution in [0.1, 0.15) is 0 Å². The first-order valence-electron chi connectivity index (χ1n) is 10.5. The maximum atomic E-state index is 6.28. The minimum Gasteiger partial charge on any atom is -0.456 e. The molecule has 0 bridgehead atoms. The second kappa shape index (κ2) is 8.58. The van der Waals surface area contributed by atoms with E-state index in [1.54, 1.807) is 0 Å². The van der Waals surface area contributed by atoms with Crippen LogP contribution in [0.15, 0.2) is 88.3 Å². The summed E-state index contributed by atoms with van der Waals surface area (Å²) in [5.74, 6) is 0.781. The number of anilines is 1. The van der Waals surface area contributed by atoms with E-state index in [1.807, 2.05) is 54.6 Å². The Morgan fingerprint density at radius 2 is 1.58 bits per heavy atom. The molecule has 156 valence electrons. The van der Waals surface area contributed by atoms with E-state index in [4.69, 9.17) is 21.0 Å². The van der Waals surface area contributed by atoms with Crippen molar-refractivity contribution in [3.63, 3.8) is 0 Å². The van der Waals surface area contributed by atoms with Crippen molar-refractivity contribution in [1.82, 2.24) is 4.90 Å². The highest BCUT2D eigenvalue weighted by atomic mass is 35.5. The van der Waals surface area contributed by atoms with E-state index in [1.165, 1.54) is 5.69 Å². The lowest BCUT2D eigenvalue weighted by Crippen LogP contribution is -2.44. The van der Waals surface area contributed by atoms with Crippen LogP contribution in [0.5, 0.6) is 0 Å². The zero-order valence-corrected chi connectivity index (χ0v) is 18.2. The molecule has 0 atom stereocenters. The van der Waals surface area contributed by atoms with Crippen molar-refractivity contribution in [2.45, 2.75) is 0 Å². The highest BCUT2D eigenvalue weighted by Crippen LogP contribution is 2.25. The van der Waals surface area contributed by atoms with Crippen LogP contribution >= 0.6 is 11.6 Å². The van der Waals surface area contributed by atoms with Crippen molar-refractivity contribution in [2.24, 2.45) is 4.99 Å². The molecule has 0 saturated carbocycles. The van der Waals surface area contributed by atoms with Gasteiger partial charge in [0.1, 0.15) is 11.3 Å². The Labute approximate surface area is 187 Å². The average molecular weight is 430 g/mol. The number of benzene rings is 3. The summed E-state index contributed by atoms with van der Waals surface area (Å²) in [6.07, 6.45) is 0. The number of likely N-dealkylation sites (N-methyl/N-ethyl adjacent to an activating group) is 1. The second-order valence-corrected chi connectivity index (χ2v) is 8.36. The van der Waals surface area contributed by atoms with Gasteiger partial charge in [-0.05, 0) is 49.5 Å². The standard InChI is InChI=1S/C26H24ClN3O/c1-29-13-15-30(16-14-29)22-10-8-21(9-11-22)28-24-18-26(19-5-3-2-4-6-19)31-25-12-7-20(27)17-23(24)25/h2-12,17-18H,13-16H2,1H3. The van der Waals surface area contributed by atoms with Crippen LogP contribution in [-0.2, 0) is 0 Å². The van der Waals surface area contributed by atoms with Gasteiger partial charge in [0.2, 0.25) is 0 Å². The Morgan fingerprint density at radius 1 is 0.839 bits per heavy atom. The topological polar surface area (TPSA) is 32.0 Å². The molecule has 0 N–H and O–H groups in total. The molecule has 3 aromatic carbocycles. The quantitative estimate of drug-likeness (QED) is 0.416. The Balaban J connectivity index is 1.56. The average Bonchev–Trinajstić information content (AvgIpc) is 2.81. The zero-order chi connectivity index (χ0) is 21.2. The van der Waals surface area contributed by atoms with Crippen LogP contribution in [0.4, 0.5) is 11.4 Å². The summed E-state index contributed by atoms with van der Waals surface area (Å²) in [4.78, 5) is 9.74. The van der Waals surface area contributed by atoms with Gasteiger partial charge in [-0.15, -0.1) is 0 Å². The molecule has 0 unspecified atom stereocenters. The lowest BCUT2D eigenvalue weighted by atomic mass is 10.1. The van der Waals surface area contributed by atoms with Crippen molar-refractivity contribution < 1.29 is 4.42 Å². The van der Waals surface area contributed by atoms with Crippen molar-refractivity contribution in [1.29, 1.82) is 0 Å². The molecule has 4 aromatic rings. The number of halogens is 1. The Kier molecular flexibility index (Phi) is 5.49. The van der Waals surface area contributed by atoms with Crippen LogP contribution < -0.4 is 10.3 Å². The number of rotatable bonds is 3. The van der Waals surface area contributed by atoms with E-state index in [0.717, 1.165) is 59.5 Å². The van der Waals surface area contributed by atoms with E-state index in [9.17, 15) is 0 Å². The molecule has 31 heavy (non-hydrogen) atoms. The summed E-state index contributed by atoms with van der Waals surface area (Å²) in [6.45, 7) is 4.29. The van der Waals surface area contributed by atoms with Crippen LogP contribution in [0.3, 0.4) is 0 Å². The van der Waals surface area contributed by atoms with Gasteiger partial charge >= 0.3 is 0 Å². The predicted molar refractivity (Wildman–Crippen MR) is 128 cm³/mol. The first-order chi connectivity index (χ1) is 15.2. The Bertz CT molecular complexity index is 1260. The molecule has 5 rings (SSSR count). The summed E-state index contributed by atoms with van der Waals surface area (Å²) >= 11 is 6.28. The first-order valence-corrected chi connectivity index (χ1v) is 10.9. The van der Waals surface area contributed by atoms with Crippen LogP contribution in [-0.4, -0.2) is 38.1 Å². The van der Waals surface area contributed by atoms with Gasteiger partial charge in [-0.25, -0.2) is 4.99 Å². The summed E-state index contributed by atoms with van der Waals surface area (Å²) in [5, 5.41) is 2.40. The van der Waals surface area contributed by atoms with Crippen molar-refractivity contribution >= 4 is 33.9 Å². The first kappa shape index (κ1) is 19.9. The molecule has 1 aliphatic heterocycles. The van der Waals surface area contributed by atoms with Gasteiger partial charge in [-0.2, -0.15) is 0 Å². The van der Waals surface area contributed by atoms with E-state index in [0.29, 0.717) is 5.02 Å². The minimum absolute atomic E-state index is 0.664. The highest BCUT2D eigenvalue weighted by molar-refractivity contribution is 6.31. The van der Waals surface area contributed by atoms with Gasteiger partial charge in [-0.3, -0.25) is 0 Å². The summed E-state index contributed by atoms with van der Waals surface area (Å²) in [5.41, 5.74) is 3.93. The van der Waals surface area contributed by atoms with Gasteiger partial charge < -0.3 is 14.2 Å². The fourth-order valence-corrected chi connectivity index (χ4v) is 4.09. The lowest BCUT2D eigenvalue weighted by molar-refractivity contribution is 0.313. The maximum Gasteiger partial charge on any atom is 0.136 e. The molecule has 0 radical (unpaired) electrons. The molecule has 0 aliphatic carbocycles. The fraction of sp³-hybridized carbons (Fsp3) is 0.192. The molecular weight excluding hydrogens is 406 g/mol.